The van der Waals surface area contributed by atoms with E-state index in [-0.39, 0.29) is 0 Å². The molecule has 1 aromatic carbocycles. The maximum Gasteiger partial charge on any atom is 0.203 e. The van der Waals surface area contributed by atoms with E-state index in [0.717, 1.165) is 5.56 Å². The fraction of sp³-hybridized carbons (Fsp3) is 0.385. The standard InChI is InChI=1S/C13H18O4/c1-9(14)5-6-10-7-11(15-2)13(17-4)12(8-10)16-3/h5-9,14H,1-4H3/b6-5+/t9-/m0/s1. The van der Waals surface area contributed by atoms with E-state index < -0.39 is 6.10 Å². The molecule has 17 heavy (non-hydrogen) atoms. The Morgan fingerprint density at radius 1 is 1.06 bits per heavy atom. The molecule has 0 radical (unpaired) electrons. The van der Waals surface area contributed by atoms with E-state index in [1.807, 2.05) is 12.1 Å². The van der Waals surface area contributed by atoms with Crippen LogP contribution in [0.15, 0.2) is 18.2 Å². The summed E-state index contributed by atoms with van der Waals surface area (Å²) in [6, 6.07) is 3.64. The molecule has 94 valence electrons. The Hall–Kier alpha value is -1.68. The summed E-state index contributed by atoms with van der Waals surface area (Å²) in [6.45, 7) is 1.69. The van der Waals surface area contributed by atoms with Gasteiger partial charge in [-0.05, 0) is 24.6 Å². The van der Waals surface area contributed by atoms with E-state index in [1.54, 1.807) is 40.4 Å². The van der Waals surface area contributed by atoms with Crippen LogP contribution in [0.25, 0.3) is 6.08 Å². The number of ether oxygens (including phenoxy) is 3. The molecule has 1 rings (SSSR count). The third-order valence-electron chi connectivity index (χ3n) is 2.25. The van der Waals surface area contributed by atoms with Gasteiger partial charge in [0.05, 0.1) is 27.4 Å². The predicted octanol–water partition coefficient (Wildman–Crippen LogP) is 2.11. The summed E-state index contributed by atoms with van der Waals surface area (Å²) in [7, 11) is 4.70. The topological polar surface area (TPSA) is 47.9 Å². The predicted molar refractivity (Wildman–Crippen MR) is 66.8 cm³/mol. The zero-order valence-electron chi connectivity index (χ0n) is 10.6. The molecular formula is C13H18O4. The Morgan fingerprint density at radius 2 is 1.59 bits per heavy atom. The summed E-state index contributed by atoms with van der Waals surface area (Å²) in [5, 5.41) is 9.19. The molecule has 0 amide bonds. The average Bonchev–Trinajstić information content (AvgIpc) is 2.34. The lowest BCUT2D eigenvalue weighted by molar-refractivity contribution is 0.245. The van der Waals surface area contributed by atoms with E-state index in [2.05, 4.69) is 0 Å². The highest BCUT2D eigenvalue weighted by Gasteiger charge is 2.11. The lowest BCUT2D eigenvalue weighted by atomic mass is 10.1. The van der Waals surface area contributed by atoms with Crippen molar-refractivity contribution in [2.45, 2.75) is 13.0 Å². The molecule has 4 nitrogen and oxygen atoms in total. The fourth-order valence-corrected chi connectivity index (χ4v) is 1.45. The van der Waals surface area contributed by atoms with E-state index in [1.165, 1.54) is 0 Å². The van der Waals surface area contributed by atoms with Crippen molar-refractivity contribution in [3.8, 4) is 17.2 Å². The van der Waals surface area contributed by atoms with Gasteiger partial charge in [-0.1, -0.05) is 12.2 Å². The minimum Gasteiger partial charge on any atom is -0.493 e. The molecule has 0 unspecified atom stereocenters. The van der Waals surface area contributed by atoms with E-state index in [0.29, 0.717) is 17.2 Å². The van der Waals surface area contributed by atoms with E-state index in [9.17, 15) is 5.11 Å². The normalized spacial score (nSPS) is 12.5. The first kappa shape index (κ1) is 13.4. The van der Waals surface area contributed by atoms with Gasteiger partial charge < -0.3 is 19.3 Å². The third kappa shape index (κ3) is 3.39. The fourth-order valence-electron chi connectivity index (χ4n) is 1.45. The zero-order chi connectivity index (χ0) is 12.8. The molecule has 0 aliphatic rings. The molecular weight excluding hydrogens is 220 g/mol. The number of aliphatic hydroxyl groups is 1. The first-order valence-corrected chi connectivity index (χ1v) is 5.28. The van der Waals surface area contributed by atoms with Crippen LogP contribution in [0.4, 0.5) is 0 Å². The maximum atomic E-state index is 9.19. The van der Waals surface area contributed by atoms with Crippen LogP contribution in [0, 0.1) is 0 Å². The van der Waals surface area contributed by atoms with Crippen LogP contribution in [0.5, 0.6) is 17.2 Å². The van der Waals surface area contributed by atoms with Gasteiger partial charge in [-0.15, -0.1) is 0 Å². The molecule has 0 heterocycles. The van der Waals surface area contributed by atoms with Crippen LogP contribution in [0.3, 0.4) is 0 Å². The molecule has 0 bridgehead atoms. The van der Waals surface area contributed by atoms with Crippen molar-refractivity contribution in [2.24, 2.45) is 0 Å². The Balaban J connectivity index is 3.17. The Kier molecular flexibility index (Phi) is 4.84. The van der Waals surface area contributed by atoms with Gasteiger partial charge in [0.2, 0.25) is 5.75 Å². The van der Waals surface area contributed by atoms with Crippen molar-refractivity contribution in [3.05, 3.63) is 23.8 Å². The lowest BCUT2D eigenvalue weighted by Gasteiger charge is -2.12. The van der Waals surface area contributed by atoms with Gasteiger partial charge in [0.25, 0.3) is 0 Å². The van der Waals surface area contributed by atoms with Crippen LogP contribution in [0.2, 0.25) is 0 Å². The number of aliphatic hydroxyl groups excluding tert-OH is 1. The maximum absolute atomic E-state index is 9.19. The van der Waals surface area contributed by atoms with E-state index >= 15 is 0 Å². The summed E-state index contributed by atoms with van der Waals surface area (Å²) in [5.41, 5.74) is 0.875. The van der Waals surface area contributed by atoms with Crippen LogP contribution >= 0.6 is 0 Å². The summed E-state index contributed by atoms with van der Waals surface area (Å²) in [4.78, 5) is 0. The summed E-state index contributed by atoms with van der Waals surface area (Å²) >= 11 is 0. The second-order valence-corrected chi connectivity index (χ2v) is 3.56. The Bertz CT molecular complexity index is 371. The van der Waals surface area contributed by atoms with Gasteiger partial charge in [0.1, 0.15) is 0 Å². The molecule has 4 heteroatoms. The van der Waals surface area contributed by atoms with Gasteiger partial charge in [-0.3, -0.25) is 0 Å². The van der Waals surface area contributed by atoms with Crippen LogP contribution in [-0.2, 0) is 0 Å². The minimum absolute atomic E-state index is 0.492. The molecule has 0 aliphatic heterocycles. The summed E-state index contributed by atoms with van der Waals surface area (Å²) in [5.74, 6) is 1.75. The first-order valence-electron chi connectivity index (χ1n) is 5.28. The van der Waals surface area contributed by atoms with Crippen molar-refractivity contribution >= 4 is 6.08 Å². The molecule has 0 saturated heterocycles. The molecule has 1 atom stereocenters. The number of hydrogen-bond acceptors (Lipinski definition) is 4. The average molecular weight is 238 g/mol. The highest BCUT2D eigenvalue weighted by Crippen LogP contribution is 2.38. The lowest BCUT2D eigenvalue weighted by Crippen LogP contribution is -1.96. The minimum atomic E-state index is -0.492. The highest BCUT2D eigenvalue weighted by atomic mass is 16.5. The molecule has 0 aromatic heterocycles. The monoisotopic (exact) mass is 238 g/mol. The molecule has 1 aromatic rings. The molecule has 0 fully saturated rings. The number of methoxy groups -OCH3 is 3. The molecule has 0 spiro atoms. The van der Waals surface area contributed by atoms with Crippen molar-refractivity contribution in [1.82, 2.24) is 0 Å². The Labute approximate surface area is 101 Å². The van der Waals surface area contributed by atoms with Gasteiger partial charge in [-0.25, -0.2) is 0 Å². The smallest absolute Gasteiger partial charge is 0.203 e. The largest absolute Gasteiger partial charge is 0.493 e. The number of hydrogen-bond donors (Lipinski definition) is 1. The second kappa shape index (κ2) is 6.15. The number of rotatable bonds is 5. The summed E-state index contributed by atoms with van der Waals surface area (Å²) < 4.78 is 15.7. The SMILES string of the molecule is COc1cc(/C=C/[C@H](C)O)cc(OC)c1OC. The van der Waals surface area contributed by atoms with Crippen LogP contribution in [-0.4, -0.2) is 32.5 Å². The third-order valence-corrected chi connectivity index (χ3v) is 2.25. The summed E-state index contributed by atoms with van der Waals surface area (Å²) in [6.07, 6.45) is 2.99. The first-order chi connectivity index (χ1) is 8.12. The van der Waals surface area contributed by atoms with Crippen LogP contribution < -0.4 is 14.2 Å². The molecule has 0 saturated carbocycles. The van der Waals surface area contributed by atoms with E-state index in [4.69, 9.17) is 14.2 Å². The molecule has 0 aliphatic carbocycles. The Morgan fingerprint density at radius 3 is 1.94 bits per heavy atom. The van der Waals surface area contributed by atoms with Crippen molar-refractivity contribution < 1.29 is 19.3 Å². The van der Waals surface area contributed by atoms with Gasteiger partial charge >= 0.3 is 0 Å². The van der Waals surface area contributed by atoms with Gasteiger partial charge in [-0.2, -0.15) is 0 Å². The van der Waals surface area contributed by atoms with Gasteiger partial charge in [0, 0.05) is 0 Å². The molecule has 1 N–H and O–H groups in total. The van der Waals surface area contributed by atoms with Crippen molar-refractivity contribution in [1.29, 1.82) is 0 Å². The highest BCUT2D eigenvalue weighted by molar-refractivity contribution is 5.62. The van der Waals surface area contributed by atoms with Crippen molar-refractivity contribution in [2.75, 3.05) is 21.3 Å². The zero-order valence-corrected chi connectivity index (χ0v) is 10.6. The number of benzene rings is 1. The van der Waals surface area contributed by atoms with Gasteiger partial charge in [0.15, 0.2) is 11.5 Å². The van der Waals surface area contributed by atoms with Crippen LogP contribution in [0.1, 0.15) is 12.5 Å². The second-order valence-electron chi connectivity index (χ2n) is 3.56. The quantitative estimate of drug-likeness (QED) is 0.853. The van der Waals surface area contributed by atoms with Crippen molar-refractivity contribution in [3.63, 3.8) is 0 Å².